The van der Waals surface area contributed by atoms with Crippen molar-refractivity contribution < 1.29 is 26.3 Å². The Bertz CT molecular complexity index is 610. The van der Waals surface area contributed by atoms with Gasteiger partial charge in [0.1, 0.15) is 0 Å². The molecule has 112 valence electrons. The van der Waals surface area contributed by atoms with Gasteiger partial charge >= 0.3 is 12.4 Å². The average Bonchev–Trinajstić information content (AvgIpc) is 2.38. The largest absolute Gasteiger partial charge is 0.416 e. The van der Waals surface area contributed by atoms with Gasteiger partial charge in [0.15, 0.2) is 0 Å². The van der Waals surface area contributed by atoms with Gasteiger partial charge in [-0.2, -0.15) is 26.3 Å². The van der Waals surface area contributed by atoms with Crippen LogP contribution in [0.4, 0.5) is 26.3 Å². The summed E-state index contributed by atoms with van der Waals surface area (Å²) in [5.41, 5.74) is -2.13. The Hall–Kier alpha value is -1.98. The Balaban J connectivity index is 2.46. The van der Waals surface area contributed by atoms with Crippen molar-refractivity contribution in [1.29, 1.82) is 0 Å². The highest BCUT2D eigenvalue weighted by molar-refractivity contribution is 5.38. The summed E-state index contributed by atoms with van der Waals surface area (Å²) < 4.78 is 76.5. The lowest BCUT2D eigenvalue weighted by atomic mass is 9.97. The van der Waals surface area contributed by atoms with Crippen LogP contribution >= 0.6 is 0 Å². The maximum atomic E-state index is 13.0. The maximum Gasteiger partial charge on any atom is 0.416 e. The highest BCUT2D eigenvalue weighted by Gasteiger charge is 2.37. The van der Waals surface area contributed by atoms with Gasteiger partial charge in [-0.25, -0.2) is 0 Å². The molecule has 0 fully saturated rings. The third kappa shape index (κ3) is 3.77. The number of hydrogen-bond acceptors (Lipinski definition) is 0. The van der Waals surface area contributed by atoms with E-state index in [9.17, 15) is 26.3 Å². The number of alkyl halides is 6. The topological polar surface area (TPSA) is 0 Å². The summed E-state index contributed by atoms with van der Waals surface area (Å²) >= 11 is 0. The van der Waals surface area contributed by atoms with Crippen molar-refractivity contribution in [3.63, 3.8) is 0 Å². The Morgan fingerprint density at radius 2 is 1.33 bits per heavy atom. The second-order valence-electron chi connectivity index (χ2n) is 4.53. The molecule has 0 spiro atoms. The lowest BCUT2D eigenvalue weighted by Crippen LogP contribution is -2.13. The van der Waals surface area contributed by atoms with E-state index in [4.69, 9.17) is 0 Å². The van der Waals surface area contributed by atoms with Gasteiger partial charge in [-0.05, 0) is 29.7 Å². The first-order valence-electron chi connectivity index (χ1n) is 5.99. The Labute approximate surface area is 117 Å². The van der Waals surface area contributed by atoms with Crippen molar-refractivity contribution in [3.8, 4) is 0 Å². The van der Waals surface area contributed by atoms with Crippen LogP contribution in [-0.2, 0) is 18.8 Å². The highest BCUT2D eigenvalue weighted by Crippen LogP contribution is 2.37. The average molecular weight is 304 g/mol. The van der Waals surface area contributed by atoms with E-state index >= 15 is 0 Å². The number of hydrogen-bond donors (Lipinski definition) is 0. The molecular weight excluding hydrogens is 294 g/mol. The molecule has 0 aliphatic heterocycles. The molecule has 0 aliphatic rings. The summed E-state index contributed by atoms with van der Waals surface area (Å²) in [6, 6.07) is 10.0. The van der Waals surface area contributed by atoms with Crippen molar-refractivity contribution in [2.45, 2.75) is 18.8 Å². The number of rotatable bonds is 2. The van der Waals surface area contributed by atoms with Crippen LogP contribution in [0.15, 0.2) is 48.5 Å². The van der Waals surface area contributed by atoms with Crippen LogP contribution in [0.3, 0.4) is 0 Å². The summed E-state index contributed by atoms with van der Waals surface area (Å²) in [7, 11) is 0. The fraction of sp³-hybridized carbons (Fsp3) is 0.200. The molecule has 0 heterocycles. The smallest absolute Gasteiger partial charge is 0.166 e. The standard InChI is InChI=1S/C15H10F6/c16-14(17,18)12-7-6-11(13(9-12)15(19,20)21)8-10-4-2-1-3-5-10/h1-7,9H,8H2. The third-order valence-electron chi connectivity index (χ3n) is 2.98. The summed E-state index contributed by atoms with van der Waals surface area (Å²) in [4.78, 5) is 0. The molecule has 2 aromatic rings. The summed E-state index contributed by atoms with van der Waals surface area (Å²) in [6.45, 7) is 0. The molecule has 21 heavy (non-hydrogen) atoms. The van der Waals surface area contributed by atoms with E-state index in [2.05, 4.69) is 0 Å². The lowest BCUT2D eigenvalue weighted by molar-refractivity contribution is -0.143. The van der Waals surface area contributed by atoms with Crippen molar-refractivity contribution in [2.75, 3.05) is 0 Å². The molecule has 0 bridgehead atoms. The van der Waals surface area contributed by atoms with Crippen LogP contribution in [0.2, 0.25) is 0 Å². The normalized spacial score (nSPS) is 12.5. The van der Waals surface area contributed by atoms with Crippen molar-refractivity contribution in [3.05, 3.63) is 70.8 Å². The van der Waals surface area contributed by atoms with Gasteiger partial charge < -0.3 is 0 Å². The quantitative estimate of drug-likeness (QED) is 0.659. The highest BCUT2D eigenvalue weighted by atomic mass is 19.4. The number of halogens is 6. The molecule has 0 amide bonds. The van der Waals surface area contributed by atoms with E-state index in [-0.39, 0.29) is 18.1 Å². The zero-order valence-electron chi connectivity index (χ0n) is 10.6. The Morgan fingerprint density at radius 3 is 1.86 bits per heavy atom. The fourth-order valence-electron chi connectivity index (χ4n) is 1.99. The van der Waals surface area contributed by atoms with Crippen molar-refractivity contribution in [1.82, 2.24) is 0 Å². The van der Waals surface area contributed by atoms with E-state index in [1.54, 1.807) is 30.3 Å². The predicted octanol–water partition coefficient (Wildman–Crippen LogP) is 5.32. The minimum atomic E-state index is -4.83. The number of benzene rings is 2. The Morgan fingerprint density at radius 1 is 0.714 bits per heavy atom. The molecule has 0 saturated heterocycles. The molecule has 0 saturated carbocycles. The van der Waals surface area contributed by atoms with Gasteiger partial charge in [0.2, 0.25) is 0 Å². The summed E-state index contributed by atoms with van der Waals surface area (Å²) in [5, 5.41) is 0. The zero-order chi connectivity index (χ0) is 15.7. The van der Waals surface area contributed by atoms with E-state index in [0.29, 0.717) is 11.6 Å². The second-order valence-corrected chi connectivity index (χ2v) is 4.53. The minimum Gasteiger partial charge on any atom is -0.166 e. The molecule has 0 unspecified atom stereocenters. The van der Waals surface area contributed by atoms with E-state index < -0.39 is 23.5 Å². The van der Waals surface area contributed by atoms with Gasteiger partial charge in [0.05, 0.1) is 11.1 Å². The van der Waals surface area contributed by atoms with Gasteiger partial charge in [0, 0.05) is 0 Å². The molecule has 0 radical (unpaired) electrons. The van der Waals surface area contributed by atoms with E-state index in [0.717, 1.165) is 6.07 Å². The molecule has 0 nitrogen and oxygen atoms in total. The van der Waals surface area contributed by atoms with Crippen molar-refractivity contribution >= 4 is 0 Å². The Kier molecular flexibility index (Phi) is 3.98. The maximum absolute atomic E-state index is 13.0. The molecule has 2 rings (SSSR count). The van der Waals surface area contributed by atoms with Gasteiger partial charge in [-0.1, -0.05) is 36.4 Å². The van der Waals surface area contributed by atoms with E-state index in [1.807, 2.05) is 0 Å². The van der Waals surface area contributed by atoms with Crippen molar-refractivity contribution in [2.24, 2.45) is 0 Å². The summed E-state index contributed by atoms with van der Waals surface area (Å²) in [5.74, 6) is 0. The SMILES string of the molecule is FC(F)(F)c1ccc(Cc2ccccc2)c(C(F)(F)F)c1. The monoisotopic (exact) mass is 304 g/mol. The van der Waals surface area contributed by atoms with Crippen LogP contribution in [0.5, 0.6) is 0 Å². The van der Waals surface area contributed by atoms with Crippen LogP contribution in [0.25, 0.3) is 0 Å². The van der Waals surface area contributed by atoms with Crippen LogP contribution in [-0.4, -0.2) is 0 Å². The fourth-order valence-corrected chi connectivity index (χ4v) is 1.99. The molecule has 0 atom stereocenters. The molecule has 0 N–H and O–H groups in total. The van der Waals surface area contributed by atoms with Crippen LogP contribution < -0.4 is 0 Å². The van der Waals surface area contributed by atoms with Crippen LogP contribution in [0, 0.1) is 0 Å². The molecule has 2 aromatic carbocycles. The van der Waals surface area contributed by atoms with Gasteiger partial charge in [0.25, 0.3) is 0 Å². The predicted molar refractivity (Wildman–Crippen MR) is 65.7 cm³/mol. The van der Waals surface area contributed by atoms with Gasteiger partial charge in [-0.15, -0.1) is 0 Å². The van der Waals surface area contributed by atoms with Gasteiger partial charge in [-0.3, -0.25) is 0 Å². The first-order valence-corrected chi connectivity index (χ1v) is 5.99. The second kappa shape index (κ2) is 5.42. The lowest BCUT2D eigenvalue weighted by Gasteiger charge is -2.16. The van der Waals surface area contributed by atoms with E-state index in [1.165, 1.54) is 0 Å². The first kappa shape index (κ1) is 15.4. The first-order chi connectivity index (χ1) is 9.68. The molecule has 0 aromatic heterocycles. The minimum absolute atomic E-state index is 0.0756. The zero-order valence-corrected chi connectivity index (χ0v) is 10.6. The van der Waals surface area contributed by atoms with Crippen LogP contribution in [0.1, 0.15) is 22.3 Å². The molecular formula is C15H10F6. The molecule has 0 aliphatic carbocycles. The summed E-state index contributed by atoms with van der Waals surface area (Å²) in [6.07, 6.45) is -9.70. The third-order valence-corrected chi connectivity index (χ3v) is 2.98. The molecule has 6 heteroatoms.